The Hall–Kier alpha value is -2.57. The van der Waals surface area contributed by atoms with E-state index in [1.54, 1.807) is 48.2 Å². The molecule has 0 spiro atoms. The molecule has 0 aromatic heterocycles. The van der Waals surface area contributed by atoms with Crippen molar-refractivity contribution >= 4 is 29.1 Å². The Morgan fingerprint density at radius 1 is 1.00 bits per heavy atom. The number of benzene rings is 2. The normalized spacial score (nSPS) is 18.2. The van der Waals surface area contributed by atoms with E-state index < -0.39 is 6.10 Å². The largest absolute Gasteiger partial charge is 0.378 e. The molecule has 2 saturated heterocycles. The highest BCUT2D eigenvalue weighted by molar-refractivity contribution is 6.30. The first-order chi connectivity index (χ1) is 17.2. The maximum Gasteiger partial charge on any atom is 0.256 e. The second kappa shape index (κ2) is 11.7. The van der Waals surface area contributed by atoms with Gasteiger partial charge in [-0.2, -0.15) is 0 Å². The molecule has 2 aromatic carbocycles. The predicted octanol–water partition coefficient (Wildman–Crippen LogP) is 4.93. The molecule has 194 valence electrons. The summed E-state index contributed by atoms with van der Waals surface area (Å²) in [6.45, 7) is 5.50. The van der Waals surface area contributed by atoms with E-state index in [9.17, 15) is 14.7 Å². The second-order valence-corrected chi connectivity index (χ2v) is 11.0. The number of aliphatic hydroxyl groups excluding tert-OH is 1. The first-order valence-electron chi connectivity index (χ1n) is 13.0. The number of carbonyl (C=O) groups is 2. The summed E-state index contributed by atoms with van der Waals surface area (Å²) >= 11 is 6.02. The van der Waals surface area contributed by atoms with Crippen molar-refractivity contribution in [3.8, 4) is 0 Å². The average Bonchev–Trinajstić information content (AvgIpc) is 2.88. The van der Waals surface area contributed by atoms with Crippen LogP contribution in [0.3, 0.4) is 0 Å². The van der Waals surface area contributed by atoms with Crippen LogP contribution in [0.15, 0.2) is 42.5 Å². The third kappa shape index (κ3) is 6.22. The average molecular weight is 512 g/mol. The number of hydrogen-bond donors (Lipinski definition) is 1. The predicted molar refractivity (Wildman–Crippen MR) is 144 cm³/mol. The molecular weight excluding hydrogens is 474 g/mol. The summed E-state index contributed by atoms with van der Waals surface area (Å²) in [7, 11) is 3.57. The van der Waals surface area contributed by atoms with E-state index in [2.05, 4.69) is 17.0 Å². The maximum absolute atomic E-state index is 12.8. The van der Waals surface area contributed by atoms with Crippen LogP contribution in [0.4, 0.5) is 5.69 Å². The van der Waals surface area contributed by atoms with Crippen molar-refractivity contribution in [3.63, 3.8) is 0 Å². The number of anilines is 1. The zero-order chi connectivity index (χ0) is 25.8. The van der Waals surface area contributed by atoms with Crippen LogP contribution in [0.2, 0.25) is 5.02 Å². The fraction of sp³-hybridized carbons (Fsp3) is 0.517. The molecule has 2 aliphatic rings. The Bertz CT molecular complexity index is 1070. The van der Waals surface area contributed by atoms with Crippen molar-refractivity contribution in [1.29, 1.82) is 0 Å². The van der Waals surface area contributed by atoms with Gasteiger partial charge in [-0.3, -0.25) is 9.59 Å². The summed E-state index contributed by atoms with van der Waals surface area (Å²) in [6.07, 6.45) is 4.39. The highest BCUT2D eigenvalue weighted by Gasteiger charge is 2.30. The quantitative estimate of drug-likeness (QED) is 0.597. The molecule has 2 aromatic rings. The van der Waals surface area contributed by atoms with Crippen LogP contribution in [-0.2, 0) is 4.79 Å². The summed E-state index contributed by atoms with van der Waals surface area (Å²) < 4.78 is 0. The second-order valence-electron chi connectivity index (χ2n) is 10.6. The molecule has 1 N–H and O–H groups in total. The number of rotatable bonds is 6. The monoisotopic (exact) mass is 511 g/mol. The standard InChI is InChI=1S/C29H38ClN3O3/c1-20-17-25(7-8-26(20)28(35)31(2)3)32-13-9-21(10-14-32)18-22-11-15-33(16-12-22)29(36)27(34)23-5-4-6-24(30)19-23/h4-8,17,19,21-22,27,34H,9-16,18H2,1-3H3/t27-/m1/s1. The number of halogens is 1. The number of carbonyl (C=O) groups excluding carboxylic acids is 2. The highest BCUT2D eigenvalue weighted by atomic mass is 35.5. The van der Waals surface area contributed by atoms with Gasteiger partial charge in [0.25, 0.3) is 11.8 Å². The molecule has 6 nitrogen and oxygen atoms in total. The molecule has 2 aliphatic heterocycles. The van der Waals surface area contributed by atoms with Crippen LogP contribution in [0.25, 0.3) is 0 Å². The van der Waals surface area contributed by atoms with Crippen molar-refractivity contribution in [1.82, 2.24) is 9.80 Å². The number of likely N-dealkylation sites (tertiary alicyclic amines) is 1. The molecule has 0 radical (unpaired) electrons. The van der Waals surface area contributed by atoms with Gasteiger partial charge in [-0.25, -0.2) is 0 Å². The van der Waals surface area contributed by atoms with Crippen LogP contribution >= 0.6 is 11.6 Å². The summed E-state index contributed by atoms with van der Waals surface area (Å²) in [5.41, 5.74) is 3.54. The SMILES string of the molecule is Cc1cc(N2CCC(CC3CCN(C(=O)[C@H](O)c4cccc(Cl)c4)CC3)CC2)ccc1C(=O)N(C)C. The van der Waals surface area contributed by atoms with Crippen molar-refractivity contribution < 1.29 is 14.7 Å². The van der Waals surface area contributed by atoms with Gasteiger partial charge >= 0.3 is 0 Å². The van der Waals surface area contributed by atoms with Crippen molar-refractivity contribution in [2.75, 3.05) is 45.2 Å². The van der Waals surface area contributed by atoms with Gasteiger partial charge in [0.1, 0.15) is 0 Å². The minimum Gasteiger partial charge on any atom is -0.378 e. The van der Waals surface area contributed by atoms with Crippen LogP contribution < -0.4 is 4.90 Å². The van der Waals surface area contributed by atoms with Gasteiger partial charge in [-0.05, 0) is 92.3 Å². The topological polar surface area (TPSA) is 64.1 Å². The number of amides is 2. The highest BCUT2D eigenvalue weighted by Crippen LogP contribution is 2.33. The Kier molecular flexibility index (Phi) is 8.58. The van der Waals surface area contributed by atoms with E-state index in [4.69, 9.17) is 11.6 Å². The molecular formula is C29H38ClN3O3. The van der Waals surface area contributed by atoms with Gasteiger partial charge < -0.3 is 19.8 Å². The van der Waals surface area contributed by atoms with Crippen molar-refractivity contribution in [2.45, 2.75) is 45.1 Å². The Balaban J connectivity index is 1.23. The summed E-state index contributed by atoms with van der Waals surface area (Å²) in [5.74, 6) is 1.16. The number of nitrogens with zero attached hydrogens (tertiary/aromatic N) is 3. The van der Waals surface area contributed by atoms with Gasteiger partial charge in [0, 0.05) is 56.5 Å². The van der Waals surface area contributed by atoms with Gasteiger partial charge in [0.2, 0.25) is 0 Å². The molecule has 4 rings (SSSR count). The molecule has 0 unspecified atom stereocenters. The number of hydrogen-bond acceptors (Lipinski definition) is 4. The lowest BCUT2D eigenvalue weighted by atomic mass is 9.82. The molecule has 0 aliphatic carbocycles. The molecule has 7 heteroatoms. The lowest BCUT2D eigenvalue weighted by Gasteiger charge is -2.38. The number of aliphatic hydroxyl groups is 1. The van der Waals surface area contributed by atoms with Gasteiger partial charge in [-0.15, -0.1) is 0 Å². The summed E-state index contributed by atoms with van der Waals surface area (Å²) in [4.78, 5) is 31.0. The summed E-state index contributed by atoms with van der Waals surface area (Å²) in [5, 5.41) is 11.0. The van der Waals surface area contributed by atoms with Crippen LogP contribution in [0, 0.1) is 18.8 Å². The lowest BCUT2D eigenvalue weighted by Crippen LogP contribution is -2.42. The van der Waals surface area contributed by atoms with E-state index in [0.717, 1.165) is 37.1 Å². The van der Waals surface area contributed by atoms with Gasteiger partial charge in [-0.1, -0.05) is 23.7 Å². The third-order valence-corrected chi connectivity index (χ3v) is 8.05. The smallest absolute Gasteiger partial charge is 0.256 e. The number of piperidine rings is 2. The van der Waals surface area contributed by atoms with Gasteiger partial charge in [0.05, 0.1) is 0 Å². The maximum atomic E-state index is 12.8. The number of aryl methyl sites for hydroxylation is 1. The molecule has 1 atom stereocenters. The Morgan fingerprint density at radius 2 is 1.64 bits per heavy atom. The zero-order valence-corrected chi connectivity index (χ0v) is 22.4. The van der Waals surface area contributed by atoms with Crippen LogP contribution in [0.5, 0.6) is 0 Å². The van der Waals surface area contributed by atoms with E-state index in [1.165, 1.54) is 24.9 Å². The van der Waals surface area contributed by atoms with E-state index in [1.807, 2.05) is 13.0 Å². The first-order valence-corrected chi connectivity index (χ1v) is 13.4. The molecule has 2 heterocycles. The van der Waals surface area contributed by atoms with E-state index >= 15 is 0 Å². The molecule has 36 heavy (non-hydrogen) atoms. The third-order valence-electron chi connectivity index (χ3n) is 7.82. The van der Waals surface area contributed by atoms with E-state index in [0.29, 0.717) is 35.5 Å². The van der Waals surface area contributed by atoms with E-state index in [-0.39, 0.29) is 11.8 Å². The first kappa shape index (κ1) is 26.5. The van der Waals surface area contributed by atoms with Crippen molar-refractivity contribution in [2.24, 2.45) is 11.8 Å². The van der Waals surface area contributed by atoms with Crippen LogP contribution in [0.1, 0.15) is 59.7 Å². The summed E-state index contributed by atoms with van der Waals surface area (Å²) in [6, 6.07) is 13.1. The zero-order valence-electron chi connectivity index (χ0n) is 21.6. The minimum absolute atomic E-state index is 0.0458. The minimum atomic E-state index is -1.15. The fourth-order valence-corrected chi connectivity index (χ4v) is 5.80. The fourth-order valence-electron chi connectivity index (χ4n) is 5.60. The molecule has 0 bridgehead atoms. The van der Waals surface area contributed by atoms with Crippen molar-refractivity contribution in [3.05, 3.63) is 64.2 Å². The Morgan fingerprint density at radius 3 is 2.22 bits per heavy atom. The van der Waals surface area contributed by atoms with Crippen LogP contribution in [-0.4, -0.2) is 67.0 Å². The molecule has 2 fully saturated rings. The Labute approximate surface area is 219 Å². The lowest BCUT2D eigenvalue weighted by molar-refractivity contribution is -0.142. The molecule has 2 amide bonds. The molecule has 0 saturated carbocycles. The van der Waals surface area contributed by atoms with Gasteiger partial charge in [0.15, 0.2) is 6.10 Å².